The van der Waals surface area contributed by atoms with Crippen LogP contribution in [0.4, 0.5) is 0 Å². The van der Waals surface area contributed by atoms with Crippen molar-refractivity contribution in [1.29, 1.82) is 0 Å². The molecule has 0 aliphatic rings. The van der Waals surface area contributed by atoms with Gasteiger partial charge in [0.15, 0.2) is 0 Å². The Labute approximate surface area is 125 Å². The van der Waals surface area contributed by atoms with E-state index >= 15 is 0 Å². The first-order valence-electron chi connectivity index (χ1n) is 7.48. The lowest BCUT2D eigenvalue weighted by Gasteiger charge is -2.21. The van der Waals surface area contributed by atoms with Crippen LogP contribution in [0, 0.1) is 0 Å². The van der Waals surface area contributed by atoms with Crippen LogP contribution >= 0.6 is 0 Å². The predicted octanol–water partition coefficient (Wildman–Crippen LogP) is 3.21. The van der Waals surface area contributed by atoms with E-state index in [0.717, 1.165) is 19.4 Å². The quantitative estimate of drug-likeness (QED) is 0.750. The molecule has 0 radical (unpaired) electrons. The van der Waals surface area contributed by atoms with Crippen LogP contribution in [0.15, 0.2) is 42.1 Å². The molecule has 2 N–H and O–H groups in total. The van der Waals surface area contributed by atoms with E-state index in [9.17, 15) is 0 Å². The van der Waals surface area contributed by atoms with Crippen molar-refractivity contribution >= 4 is 0 Å². The first-order valence-corrected chi connectivity index (χ1v) is 7.48. The van der Waals surface area contributed by atoms with Crippen molar-refractivity contribution in [3.05, 3.63) is 47.7 Å². The summed E-state index contributed by atoms with van der Waals surface area (Å²) in [5.74, 6) is 0. The highest BCUT2D eigenvalue weighted by molar-refractivity contribution is 5.21. The average molecular weight is 277 g/mol. The van der Waals surface area contributed by atoms with Gasteiger partial charge < -0.3 is 10.3 Å². The standard InChI is InChI=1S/C13H20N2.C4H11N/c1-4-8-13(15(3)14-2)11-12-9-6-5-7-10-12;1-3-4-5-2/h5-10,14H,4,11H2,1-3H3;5H,3-4H2,1-2H3/b13-8-;. The van der Waals surface area contributed by atoms with Crippen molar-refractivity contribution in [2.45, 2.75) is 33.1 Å². The minimum absolute atomic E-state index is 0.978. The van der Waals surface area contributed by atoms with Crippen LogP contribution in [-0.4, -0.2) is 32.7 Å². The molecule has 1 aromatic carbocycles. The number of benzene rings is 1. The maximum absolute atomic E-state index is 3.14. The minimum Gasteiger partial charge on any atom is -0.320 e. The Balaban J connectivity index is 0.000000621. The molecule has 114 valence electrons. The van der Waals surface area contributed by atoms with Crippen LogP contribution in [0.1, 0.15) is 32.3 Å². The van der Waals surface area contributed by atoms with E-state index in [0.29, 0.717) is 0 Å². The van der Waals surface area contributed by atoms with Gasteiger partial charge in [-0.3, -0.25) is 0 Å². The molecule has 0 bridgehead atoms. The lowest BCUT2D eigenvalue weighted by molar-refractivity contribution is 0.324. The molecule has 20 heavy (non-hydrogen) atoms. The van der Waals surface area contributed by atoms with Crippen molar-refractivity contribution in [2.24, 2.45) is 0 Å². The summed E-state index contributed by atoms with van der Waals surface area (Å²) in [7, 11) is 5.95. The molecule has 0 saturated heterocycles. The summed E-state index contributed by atoms with van der Waals surface area (Å²) < 4.78 is 0. The van der Waals surface area contributed by atoms with Crippen LogP contribution in [-0.2, 0) is 6.42 Å². The number of nitrogens with zero attached hydrogens (tertiary/aromatic N) is 1. The molecule has 3 nitrogen and oxygen atoms in total. The van der Waals surface area contributed by atoms with Gasteiger partial charge in [0, 0.05) is 26.2 Å². The highest BCUT2D eigenvalue weighted by atomic mass is 15.5. The SMILES string of the molecule is CC/C=C(/Cc1ccccc1)N(C)NC.CCCNC. The highest BCUT2D eigenvalue weighted by Crippen LogP contribution is 2.10. The van der Waals surface area contributed by atoms with Gasteiger partial charge in [0.1, 0.15) is 0 Å². The summed E-state index contributed by atoms with van der Waals surface area (Å²) in [4.78, 5) is 0. The Bertz CT molecular complexity index is 345. The topological polar surface area (TPSA) is 27.3 Å². The number of hydrogen-bond acceptors (Lipinski definition) is 3. The van der Waals surface area contributed by atoms with Crippen LogP contribution in [0.2, 0.25) is 0 Å². The lowest BCUT2D eigenvalue weighted by Crippen LogP contribution is -2.30. The summed E-state index contributed by atoms with van der Waals surface area (Å²) in [6.45, 7) is 5.45. The summed E-state index contributed by atoms with van der Waals surface area (Å²) in [5.41, 5.74) is 5.79. The summed E-state index contributed by atoms with van der Waals surface area (Å²) >= 11 is 0. The van der Waals surface area contributed by atoms with Gasteiger partial charge in [-0.25, -0.2) is 5.43 Å². The fourth-order valence-electron chi connectivity index (χ4n) is 1.76. The number of hydrogen-bond donors (Lipinski definition) is 2. The molecule has 0 fully saturated rings. The number of hydrazine groups is 1. The van der Waals surface area contributed by atoms with E-state index in [4.69, 9.17) is 0 Å². The van der Waals surface area contributed by atoms with E-state index < -0.39 is 0 Å². The molecule has 0 spiro atoms. The Morgan fingerprint density at radius 3 is 2.20 bits per heavy atom. The molecule has 0 saturated carbocycles. The van der Waals surface area contributed by atoms with Gasteiger partial charge in [-0.15, -0.1) is 0 Å². The third-order valence-electron chi connectivity index (χ3n) is 2.93. The van der Waals surface area contributed by atoms with Gasteiger partial charge >= 0.3 is 0 Å². The Morgan fingerprint density at radius 1 is 1.15 bits per heavy atom. The van der Waals surface area contributed by atoms with Gasteiger partial charge in [0.2, 0.25) is 0 Å². The second-order valence-corrected chi connectivity index (χ2v) is 4.65. The van der Waals surface area contributed by atoms with Crippen LogP contribution < -0.4 is 10.7 Å². The van der Waals surface area contributed by atoms with Crippen molar-refractivity contribution in [1.82, 2.24) is 15.8 Å². The fourth-order valence-corrected chi connectivity index (χ4v) is 1.76. The van der Waals surface area contributed by atoms with Gasteiger partial charge in [0.25, 0.3) is 0 Å². The first kappa shape index (κ1) is 18.7. The number of rotatable bonds is 7. The van der Waals surface area contributed by atoms with Gasteiger partial charge in [-0.05, 0) is 32.0 Å². The van der Waals surface area contributed by atoms with Crippen molar-refractivity contribution < 1.29 is 0 Å². The largest absolute Gasteiger partial charge is 0.320 e. The Hall–Kier alpha value is -1.32. The molecule has 3 heteroatoms. The third-order valence-corrected chi connectivity index (χ3v) is 2.93. The van der Waals surface area contributed by atoms with Gasteiger partial charge in [-0.1, -0.05) is 50.3 Å². The molecule has 0 aromatic heterocycles. The van der Waals surface area contributed by atoms with Crippen LogP contribution in [0.25, 0.3) is 0 Å². The van der Waals surface area contributed by atoms with E-state index in [-0.39, 0.29) is 0 Å². The minimum atomic E-state index is 0.978. The monoisotopic (exact) mass is 277 g/mol. The Kier molecular flexibility index (Phi) is 11.9. The molecular weight excluding hydrogens is 246 g/mol. The van der Waals surface area contributed by atoms with E-state index in [1.54, 1.807) is 0 Å². The molecule has 0 atom stereocenters. The van der Waals surface area contributed by atoms with Crippen molar-refractivity contribution in [3.8, 4) is 0 Å². The maximum Gasteiger partial charge on any atom is 0.0294 e. The average Bonchev–Trinajstić information content (AvgIpc) is 2.48. The first-order chi connectivity index (χ1) is 9.69. The number of allylic oxidation sites excluding steroid dienone is 2. The van der Waals surface area contributed by atoms with E-state index in [2.05, 4.69) is 66.0 Å². The number of nitrogens with one attached hydrogen (secondary N) is 2. The zero-order chi connectivity index (χ0) is 15.2. The highest BCUT2D eigenvalue weighted by Gasteiger charge is 2.02. The van der Waals surface area contributed by atoms with E-state index in [1.165, 1.54) is 17.7 Å². The lowest BCUT2D eigenvalue weighted by atomic mass is 10.1. The molecule has 1 aromatic rings. The molecular formula is C17H31N3. The molecule has 0 heterocycles. The molecule has 0 unspecified atom stereocenters. The maximum atomic E-state index is 3.14. The molecule has 0 amide bonds. The van der Waals surface area contributed by atoms with Gasteiger partial charge in [0.05, 0.1) is 0 Å². The summed E-state index contributed by atoms with van der Waals surface area (Å²) in [6.07, 6.45) is 5.53. The second-order valence-electron chi connectivity index (χ2n) is 4.65. The predicted molar refractivity (Wildman–Crippen MR) is 89.6 cm³/mol. The van der Waals surface area contributed by atoms with Gasteiger partial charge in [-0.2, -0.15) is 0 Å². The molecule has 0 aliphatic carbocycles. The zero-order valence-corrected chi connectivity index (χ0v) is 13.7. The third kappa shape index (κ3) is 8.73. The second kappa shape index (κ2) is 12.7. The van der Waals surface area contributed by atoms with E-state index in [1.807, 2.05) is 21.1 Å². The zero-order valence-electron chi connectivity index (χ0n) is 13.7. The Morgan fingerprint density at radius 2 is 1.80 bits per heavy atom. The molecule has 1 rings (SSSR count). The smallest absolute Gasteiger partial charge is 0.0294 e. The number of likely N-dealkylation sites (N-methyl/N-ethyl adjacent to an activating group) is 1. The summed E-state index contributed by atoms with van der Waals surface area (Å²) in [5, 5.41) is 5.08. The fraction of sp³-hybridized carbons (Fsp3) is 0.529. The summed E-state index contributed by atoms with van der Waals surface area (Å²) in [6, 6.07) is 10.5. The normalized spacial score (nSPS) is 10.8. The van der Waals surface area contributed by atoms with Crippen LogP contribution in [0.5, 0.6) is 0 Å². The molecule has 0 aliphatic heterocycles. The van der Waals surface area contributed by atoms with Crippen LogP contribution in [0.3, 0.4) is 0 Å². The van der Waals surface area contributed by atoms with Crippen molar-refractivity contribution in [3.63, 3.8) is 0 Å². The van der Waals surface area contributed by atoms with Crippen molar-refractivity contribution in [2.75, 3.05) is 27.7 Å².